The van der Waals surface area contributed by atoms with E-state index in [4.69, 9.17) is 4.74 Å². The van der Waals surface area contributed by atoms with E-state index in [9.17, 15) is 0 Å². The molecule has 5 rings (SSSR count). The Balaban J connectivity index is 1.62. The highest BCUT2D eigenvalue weighted by Crippen LogP contribution is 2.56. The molecular weight excluding hydrogens is 234 g/mol. The van der Waals surface area contributed by atoms with Crippen molar-refractivity contribution in [3.63, 3.8) is 0 Å². The number of para-hydroxylation sites is 2. The van der Waals surface area contributed by atoms with Crippen molar-refractivity contribution in [2.45, 2.75) is 44.1 Å². The van der Waals surface area contributed by atoms with Crippen LogP contribution >= 0.6 is 0 Å². The minimum absolute atomic E-state index is 0.364. The van der Waals surface area contributed by atoms with Gasteiger partial charge in [-0.1, -0.05) is 12.1 Å². The average Bonchev–Trinajstić information content (AvgIpc) is 2.37. The maximum Gasteiger partial charge on any atom is 0.141 e. The van der Waals surface area contributed by atoms with E-state index in [1.165, 1.54) is 44.2 Å². The molecule has 4 saturated carbocycles. The molecule has 1 N–H and O–H groups in total. The Kier molecular flexibility index (Phi) is 2.54. The van der Waals surface area contributed by atoms with Gasteiger partial charge in [0, 0.05) is 5.54 Å². The fourth-order valence-corrected chi connectivity index (χ4v) is 5.30. The summed E-state index contributed by atoms with van der Waals surface area (Å²) in [5, 5.41) is 3.88. The van der Waals surface area contributed by atoms with Crippen molar-refractivity contribution < 1.29 is 4.74 Å². The molecule has 2 nitrogen and oxygen atoms in total. The highest BCUT2D eigenvalue weighted by Gasteiger charge is 2.51. The van der Waals surface area contributed by atoms with E-state index in [1.54, 1.807) is 7.11 Å². The quantitative estimate of drug-likeness (QED) is 0.881. The molecule has 4 bridgehead atoms. The molecule has 0 unspecified atom stereocenters. The van der Waals surface area contributed by atoms with Crippen LogP contribution in [0.25, 0.3) is 0 Å². The van der Waals surface area contributed by atoms with E-state index in [0.29, 0.717) is 5.54 Å². The molecule has 0 radical (unpaired) electrons. The van der Waals surface area contributed by atoms with Crippen molar-refractivity contribution in [1.29, 1.82) is 0 Å². The Hall–Kier alpha value is -1.18. The first-order chi connectivity index (χ1) is 9.26. The van der Waals surface area contributed by atoms with Gasteiger partial charge in [-0.05, 0) is 68.4 Å². The summed E-state index contributed by atoms with van der Waals surface area (Å²) in [6.07, 6.45) is 8.59. The number of nitrogens with one attached hydrogen (secondary N) is 1. The van der Waals surface area contributed by atoms with Crippen molar-refractivity contribution in [1.82, 2.24) is 0 Å². The monoisotopic (exact) mass is 257 g/mol. The molecule has 1 aromatic rings. The molecule has 0 spiro atoms. The first-order valence-corrected chi connectivity index (χ1v) is 7.67. The summed E-state index contributed by atoms with van der Waals surface area (Å²) in [5.41, 5.74) is 1.55. The van der Waals surface area contributed by atoms with Crippen LogP contribution in [0.3, 0.4) is 0 Å². The van der Waals surface area contributed by atoms with Gasteiger partial charge in [0.15, 0.2) is 0 Å². The Morgan fingerprint density at radius 1 is 1.00 bits per heavy atom. The number of methoxy groups -OCH3 is 1. The Labute approximate surface area is 115 Å². The molecule has 4 aliphatic rings. The van der Waals surface area contributed by atoms with Gasteiger partial charge in [0.05, 0.1) is 12.8 Å². The largest absolute Gasteiger partial charge is 0.495 e. The second kappa shape index (κ2) is 4.16. The lowest BCUT2D eigenvalue weighted by molar-refractivity contribution is 0.0106. The van der Waals surface area contributed by atoms with Gasteiger partial charge < -0.3 is 10.1 Å². The summed E-state index contributed by atoms with van der Waals surface area (Å²) in [6, 6.07) is 8.37. The number of hydrogen-bond donors (Lipinski definition) is 1. The molecule has 0 heterocycles. The first kappa shape index (κ1) is 11.6. The van der Waals surface area contributed by atoms with E-state index in [1.807, 2.05) is 6.07 Å². The van der Waals surface area contributed by atoms with Crippen LogP contribution in [0.1, 0.15) is 38.5 Å². The zero-order valence-electron chi connectivity index (χ0n) is 11.7. The van der Waals surface area contributed by atoms with E-state index < -0.39 is 0 Å². The van der Waals surface area contributed by atoms with Crippen molar-refractivity contribution in [2.24, 2.45) is 17.8 Å². The SMILES string of the molecule is COc1ccccc1NC12CC3CC(CC(C3)C1)C2. The number of anilines is 1. The summed E-state index contributed by atoms with van der Waals surface area (Å²) in [6.45, 7) is 0. The van der Waals surface area contributed by atoms with Gasteiger partial charge in [-0.3, -0.25) is 0 Å². The normalized spacial score (nSPS) is 39.3. The number of rotatable bonds is 3. The van der Waals surface area contributed by atoms with E-state index >= 15 is 0 Å². The summed E-state index contributed by atoms with van der Waals surface area (Å²) < 4.78 is 5.50. The lowest BCUT2D eigenvalue weighted by Crippen LogP contribution is -2.54. The van der Waals surface area contributed by atoms with E-state index in [-0.39, 0.29) is 0 Å². The Morgan fingerprint density at radius 3 is 2.16 bits per heavy atom. The molecule has 0 aromatic heterocycles. The average molecular weight is 257 g/mol. The molecule has 0 aliphatic heterocycles. The molecule has 4 aliphatic carbocycles. The molecule has 2 heteroatoms. The van der Waals surface area contributed by atoms with Crippen LogP contribution in [-0.4, -0.2) is 12.6 Å². The highest BCUT2D eigenvalue weighted by molar-refractivity contribution is 5.58. The van der Waals surface area contributed by atoms with Crippen molar-refractivity contribution in [3.05, 3.63) is 24.3 Å². The summed E-state index contributed by atoms with van der Waals surface area (Å²) >= 11 is 0. The zero-order chi connectivity index (χ0) is 12.9. The third-order valence-electron chi connectivity index (χ3n) is 5.55. The van der Waals surface area contributed by atoms with Crippen LogP contribution in [0.15, 0.2) is 24.3 Å². The van der Waals surface area contributed by atoms with E-state index in [0.717, 1.165) is 23.5 Å². The van der Waals surface area contributed by atoms with Gasteiger partial charge in [0.1, 0.15) is 5.75 Å². The van der Waals surface area contributed by atoms with Crippen molar-refractivity contribution in [3.8, 4) is 5.75 Å². The maximum atomic E-state index is 5.50. The topological polar surface area (TPSA) is 21.3 Å². The number of hydrogen-bond acceptors (Lipinski definition) is 2. The van der Waals surface area contributed by atoms with Crippen molar-refractivity contribution in [2.75, 3.05) is 12.4 Å². The smallest absolute Gasteiger partial charge is 0.141 e. The Morgan fingerprint density at radius 2 is 1.58 bits per heavy atom. The summed E-state index contributed by atoms with van der Waals surface area (Å²) in [4.78, 5) is 0. The molecule has 0 saturated heterocycles. The second-order valence-corrected chi connectivity index (χ2v) is 7.02. The van der Waals surface area contributed by atoms with Gasteiger partial charge in [-0.2, -0.15) is 0 Å². The van der Waals surface area contributed by atoms with Gasteiger partial charge >= 0.3 is 0 Å². The summed E-state index contributed by atoms with van der Waals surface area (Å²) in [5.74, 6) is 3.92. The van der Waals surface area contributed by atoms with Crippen LogP contribution in [0, 0.1) is 17.8 Å². The predicted octanol–water partition coefficient (Wildman–Crippen LogP) is 4.08. The minimum atomic E-state index is 0.364. The Bertz CT molecular complexity index is 447. The number of benzene rings is 1. The second-order valence-electron chi connectivity index (χ2n) is 7.02. The van der Waals surface area contributed by atoms with Crippen molar-refractivity contribution >= 4 is 5.69 Å². The lowest BCUT2D eigenvalue weighted by atomic mass is 9.53. The maximum absolute atomic E-state index is 5.50. The van der Waals surface area contributed by atoms with Crippen LogP contribution in [0.4, 0.5) is 5.69 Å². The predicted molar refractivity (Wildman–Crippen MR) is 77.5 cm³/mol. The van der Waals surface area contributed by atoms with Crippen LogP contribution in [-0.2, 0) is 0 Å². The van der Waals surface area contributed by atoms with Gasteiger partial charge in [-0.15, -0.1) is 0 Å². The molecular formula is C17H23NO. The van der Waals surface area contributed by atoms with Crippen LogP contribution < -0.4 is 10.1 Å². The van der Waals surface area contributed by atoms with Gasteiger partial charge in [0.2, 0.25) is 0 Å². The third kappa shape index (κ3) is 1.92. The molecule has 4 fully saturated rings. The fraction of sp³-hybridized carbons (Fsp3) is 0.647. The lowest BCUT2D eigenvalue weighted by Gasteiger charge is -2.57. The standard InChI is InChI=1S/C17H23NO/c1-19-16-5-3-2-4-15(16)18-17-9-12-6-13(10-17)8-14(7-12)11-17/h2-5,12-14,18H,6-11H2,1H3. The van der Waals surface area contributed by atoms with Crippen LogP contribution in [0.5, 0.6) is 5.75 Å². The van der Waals surface area contributed by atoms with Gasteiger partial charge in [-0.25, -0.2) is 0 Å². The fourth-order valence-electron chi connectivity index (χ4n) is 5.30. The highest BCUT2D eigenvalue weighted by atomic mass is 16.5. The van der Waals surface area contributed by atoms with Gasteiger partial charge in [0.25, 0.3) is 0 Å². The first-order valence-electron chi connectivity index (χ1n) is 7.67. The number of ether oxygens (including phenoxy) is 1. The van der Waals surface area contributed by atoms with Crippen LogP contribution in [0.2, 0.25) is 0 Å². The molecule has 102 valence electrons. The summed E-state index contributed by atoms with van der Waals surface area (Å²) in [7, 11) is 1.76. The molecule has 19 heavy (non-hydrogen) atoms. The minimum Gasteiger partial charge on any atom is -0.495 e. The molecule has 0 amide bonds. The van der Waals surface area contributed by atoms with E-state index in [2.05, 4.69) is 23.5 Å². The molecule has 0 atom stereocenters. The molecule has 1 aromatic carbocycles. The third-order valence-corrected chi connectivity index (χ3v) is 5.55. The zero-order valence-corrected chi connectivity index (χ0v) is 11.7.